The van der Waals surface area contributed by atoms with E-state index < -0.39 is 6.23 Å². The average Bonchev–Trinajstić information content (AvgIpc) is 1.35. The van der Waals surface area contributed by atoms with Gasteiger partial charge in [0.1, 0.15) is 0 Å². The molecule has 0 heterocycles. The van der Waals surface area contributed by atoms with Gasteiger partial charge in [-0.25, -0.2) is 0 Å². The molecule has 0 aliphatic carbocycles. The molecule has 0 rings (SSSR count). The maximum Gasteiger partial charge on any atom is 1.00 e. The first kappa shape index (κ1) is 10.8. The van der Waals surface area contributed by atoms with Crippen molar-refractivity contribution in [3.05, 3.63) is 0 Å². The van der Waals surface area contributed by atoms with E-state index >= 15 is 0 Å². The molecule has 0 fully saturated rings. The molecule has 1 unspecified atom stereocenters. The van der Waals surface area contributed by atoms with Crippen LogP contribution in [-0.2, 0) is 0 Å². The molecule has 0 aliphatic heterocycles. The van der Waals surface area contributed by atoms with Crippen LogP contribution in [0.4, 0.5) is 0 Å². The van der Waals surface area contributed by atoms with E-state index in [1.165, 1.54) is 0 Å². The van der Waals surface area contributed by atoms with Crippen LogP contribution in [0, 0.1) is 0 Å². The molecule has 0 saturated carbocycles. The summed E-state index contributed by atoms with van der Waals surface area (Å²) in [6, 6.07) is 0. The monoisotopic (exact) mass is 111 g/mol. The van der Waals surface area contributed by atoms with Crippen LogP contribution in [0.25, 0.3) is 0 Å². The van der Waals surface area contributed by atoms with Crippen LogP contribution in [0.2, 0.25) is 0 Å². The Hall–Kier alpha value is 0.920. The van der Waals surface area contributed by atoms with Gasteiger partial charge < -0.3 is 10.4 Å². The molecule has 0 bridgehead atoms. The maximum absolute atomic E-state index is 10.0. The van der Waals surface area contributed by atoms with Gasteiger partial charge in [0.15, 0.2) is 0 Å². The van der Waals surface area contributed by atoms with Gasteiger partial charge in [-0.2, -0.15) is 0 Å². The molecule has 2 nitrogen and oxygen atoms in total. The first-order valence-corrected chi connectivity index (χ1v) is 2.16. The van der Waals surface area contributed by atoms with E-state index in [1.807, 2.05) is 6.92 Å². The van der Waals surface area contributed by atoms with E-state index in [-0.39, 0.29) is 29.6 Å². The quantitative estimate of drug-likeness (QED) is 0.294. The predicted octanol–water partition coefficient (Wildman–Crippen LogP) is -3.69. The van der Waals surface area contributed by atoms with Crippen LogP contribution >= 0.6 is 0 Å². The van der Waals surface area contributed by atoms with Gasteiger partial charge in [0.2, 0.25) is 0 Å². The first-order chi connectivity index (χ1) is 2.77. The minimum absolute atomic E-state index is 0. The van der Waals surface area contributed by atoms with Crippen LogP contribution in [0.15, 0.2) is 0 Å². The molecular weight excluding hydrogens is 101 g/mol. The Morgan fingerprint density at radius 1 is 1.71 bits per heavy atom. The van der Waals surface area contributed by atoms with Gasteiger partial charge in [0.05, 0.1) is 0 Å². The van der Waals surface area contributed by atoms with Gasteiger partial charge in [-0.05, 0) is 6.54 Å². The van der Waals surface area contributed by atoms with Crippen molar-refractivity contribution >= 4 is 0 Å². The van der Waals surface area contributed by atoms with Gasteiger partial charge in [-0.15, -0.1) is 0 Å². The summed E-state index contributed by atoms with van der Waals surface area (Å²) < 4.78 is 0. The molecular formula is C4H10NNaO. The summed E-state index contributed by atoms with van der Waals surface area (Å²) in [5.74, 6) is 0. The molecule has 0 radical (unpaired) electrons. The van der Waals surface area contributed by atoms with Crippen molar-refractivity contribution in [3.8, 4) is 0 Å². The van der Waals surface area contributed by atoms with Crippen molar-refractivity contribution in [1.29, 1.82) is 0 Å². The first-order valence-electron chi connectivity index (χ1n) is 2.16. The van der Waals surface area contributed by atoms with Gasteiger partial charge in [-0.3, -0.25) is 0 Å². The molecule has 0 aromatic heterocycles. The van der Waals surface area contributed by atoms with E-state index in [0.717, 1.165) is 6.54 Å². The molecule has 0 aromatic rings. The molecule has 0 amide bonds. The second kappa shape index (κ2) is 6.92. The summed E-state index contributed by atoms with van der Waals surface area (Å²) in [6.45, 7) is 4.27. The summed E-state index contributed by atoms with van der Waals surface area (Å²) in [7, 11) is 0. The van der Waals surface area contributed by atoms with E-state index in [9.17, 15) is 5.11 Å². The topological polar surface area (TPSA) is 35.1 Å². The zero-order valence-electron chi connectivity index (χ0n) is 5.19. The Morgan fingerprint density at radius 2 is 2.14 bits per heavy atom. The van der Waals surface area contributed by atoms with Crippen molar-refractivity contribution in [2.45, 2.75) is 20.1 Å². The summed E-state index contributed by atoms with van der Waals surface area (Å²) >= 11 is 0. The van der Waals surface area contributed by atoms with E-state index in [0.29, 0.717) is 0 Å². The average molecular weight is 111 g/mol. The molecule has 0 aromatic carbocycles. The zero-order valence-corrected chi connectivity index (χ0v) is 7.19. The summed E-state index contributed by atoms with van der Waals surface area (Å²) in [4.78, 5) is 0. The van der Waals surface area contributed by atoms with Crippen LogP contribution in [0.1, 0.15) is 13.8 Å². The van der Waals surface area contributed by atoms with Crippen LogP contribution in [-0.4, -0.2) is 12.8 Å². The fourth-order valence-corrected chi connectivity index (χ4v) is 0.287. The van der Waals surface area contributed by atoms with Gasteiger partial charge in [-0.1, -0.05) is 20.1 Å². The molecule has 0 aliphatic rings. The minimum atomic E-state index is -0.602. The van der Waals surface area contributed by atoms with Crippen LogP contribution < -0.4 is 40.0 Å². The number of hydrogen-bond acceptors (Lipinski definition) is 2. The fraction of sp³-hybridized carbons (Fsp3) is 1.00. The second-order valence-corrected chi connectivity index (χ2v) is 1.20. The Morgan fingerprint density at radius 3 is 2.14 bits per heavy atom. The molecule has 7 heavy (non-hydrogen) atoms. The van der Waals surface area contributed by atoms with E-state index in [4.69, 9.17) is 0 Å². The Kier molecular flexibility index (Phi) is 10.7. The van der Waals surface area contributed by atoms with Crippen molar-refractivity contribution in [1.82, 2.24) is 5.32 Å². The normalized spacial score (nSPS) is 12.4. The van der Waals surface area contributed by atoms with Crippen molar-refractivity contribution in [2.24, 2.45) is 0 Å². The largest absolute Gasteiger partial charge is 1.00 e. The molecule has 0 saturated heterocycles. The predicted molar refractivity (Wildman–Crippen MR) is 23.1 cm³/mol. The van der Waals surface area contributed by atoms with E-state index in [1.54, 1.807) is 6.92 Å². The van der Waals surface area contributed by atoms with Gasteiger partial charge >= 0.3 is 29.6 Å². The van der Waals surface area contributed by atoms with Crippen molar-refractivity contribution in [2.75, 3.05) is 6.54 Å². The Labute approximate surface area is 66.6 Å². The van der Waals surface area contributed by atoms with Crippen LogP contribution in [0.5, 0.6) is 0 Å². The summed E-state index contributed by atoms with van der Waals surface area (Å²) in [5, 5.41) is 12.7. The number of hydrogen-bond donors (Lipinski definition) is 1. The SMILES string of the molecule is CCNC(C)[O-].[Na+]. The number of nitrogens with one attached hydrogen (secondary N) is 1. The fourth-order valence-electron chi connectivity index (χ4n) is 0.287. The van der Waals surface area contributed by atoms with Crippen molar-refractivity contribution < 1.29 is 34.7 Å². The molecule has 3 heteroatoms. The van der Waals surface area contributed by atoms with Gasteiger partial charge in [0, 0.05) is 0 Å². The third-order valence-corrected chi connectivity index (χ3v) is 0.492. The standard InChI is InChI=1S/C4H10NO.Na/c1-3-5-4(2)6;/h4-5H,3H2,1-2H3;/q-1;+1. The second-order valence-electron chi connectivity index (χ2n) is 1.20. The molecule has 0 spiro atoms. The molecule has 1 N–H and O–H groups in total. The summed E-state index contributed by atoms with van der Waals surface area (Å²) in [5.41, 5.74) is 0. The molecule has 38 valence electrons. The molecule has 1 atom stereocenters. The summed E-state index contributed by atoms with van der Waals surface area (Å²) in [6.07, 6.45) is -0.602. The van der Waals surface area contributed by atoms with Crippen molar-refractivity contribution in [3.63, 3.8) is 0 Å². The van der Waals surface area contributed by atoms with Crippen LogP contribution in [0.3, 0.4) is 0 Å². The minimum Gasteiger partial charge on any atom is -0.841 e. The third-order valence-electron chi connectivity index (χ3n) is 0.492. The Bertz CT molecular complexity index is 32.9. The smallest absolute Gasteiger partial charge is 0.841 e. The maximum atomic E-state index is 10.0. The third kappa shape index (κ3) is 10.9. The van der Waals surface area contributed by atoms with Gasteiger partial charge in [0.25, 0.3) is 0 Å². The zero-order chi connectivity index (χ0) is 4.99. The Balaban J connectivity index is 0. The number of rotatable bonds is 2. The van der Waals surface area contributed by atoms with E-state index in [2.05, 4.69) is 5.32 Å².